The molecule has 1 aromatic rings. The Labute approximate surface area is 102 Å². The molecule has 1 aromatic carbocycles. The van der Waals surface area contributed by atoms with Gasteiger partial charge in [0.25, 0.3) is 5.91 Å². The van der Waals surface area contributed by atoms with Crippen LogP contribution in [0.4, 0.5) is 0 Å². The molecule has 5 heteroatoms. The van der Waals surface area contributed by atoms with Crippen LogP contribution in [0.3, 0.4) is 0 Å². The van der Waals surface area contributed by atoms with Crippen LogP contribution in [0, 0.1) is 0 Å². The highest BCUT2D eigenvalue weighted by molar-refractivity contribution is 9.10. The predicted molar refractivity (Wildman–Crippen MR) is 62.5 cm³/mol. The maximum atomic E-state index is 11.8. The first-order valence-corrected chi connectivity index (χ1v) is 5.83. The zero-order valence-electron chi connectivity index (χ0n) is 8.57. The zero-order valence-corrected chi connectivity index (χ0v) is 10.2. The molecule has 1 heterocycles. The number of aromatic hydroxyl groups is 1. The van der Waals surface area contributed by atoms with Gasteiger partial charge >= 0.3 is 0 Å². The van der Waals surface area contributed by atoms with Gasteiger partial charge in [0.15, 0.2) is 0 Å². The lowest BCUT2D eigenvalue weighted by Gasteiger charge is -2.11. The highest BCUT2D eigenvalue weighted by atomic mass is 79.9. The van der Waals surface area contributed by atoms with Crippen molar-refractivity contribution in [2.24, 2.45) is 0 Å². The molecule has 1 aliphatic heterocycles. The fourth-order valence-corrected chi connectivity index (χ4v) is 1.96. The van der Waals surface area contributed by atoms with Gasteiger partial charge in [-0.1, -0.05) is 15.9 Å². The average Bonchev–Trinajstić information content (AvgIpc) is 2.74. The molecule has 86 valence electrons. The molecule has 2 N–H and O–H groups in total. The molecule has 16 heavy (non-hydrogen) atoms. The molecule has 1 unspecified atom stereocenters. The van der Waals surface area contributed by atoms with Crippen molar-refractivity contribution in [1.29, 1.82) is 0 Å². The first-order valence-electron chi connectivity index (χ1n) is 5.04. The molecular formula is C11H12BrNO3. The molecule has 0 spiro atoms. The number of carbonyl (C=O) groups is 1. The molecule has 0 aliphatic carbocycles. The number of phenolic OH excluding ortho intramolecular Hbond substituents is 1. The van der Waals surface area contributed by atoms with E-state index < -0.39 is 0 Å². The number of ether oxygens (including phenoxy) is 1. The van der Waals surface area contributed by atoms with E-state index in [0.29, 0.717) is 13.2 Å². The minimum atomic E-state index is -0.269. The molecule has 0 radical (unpaired) electrons. The summed E-state index contributed by atoms with van der Waals surface area (Å²) in [6.07, 6.45) is 0.820. The molecule has 1 amide bonds. The third kappa shape index (κ3) is 2.54. The molecule has 4 nitrogen and oxygen atoms in total. The van der Waals surface area contributed by atoms with Gasteiger partial charge < -0.3 is 15.2 Å². The summed E-state index contributed by atoms with van der Waals surface area (Å²) in [6, 6.07) is 4.82. The first-order chi connectivity index (χ1) is 7.66. The summed E-state index contributed by atoms with van der Waals surface area (Å²) in [6.45, 7) is 1.22. The minimum Gasteiger partial charge on any atom is -0.507 e. The number of phenols is 1. The Morgan fingerprint density at radius 3 is 3.06 bits per heavy atom. The molecule has 1 atom stereocenters. The molecule has 0 bridgehead atoms. The van der Waals surface area contributed by atoms with Gasteiger partial charge in [0.05, 0.1) is 18.2 Å². The summed E-state index contributed by atoms with van der Waals surface area (Å²) < 4.78 is 5.92. The van der Waals surface area contributed by atoms with Crippen LogP contribution in [0.25, 0.3) is 0 Å². The second-order valence-electron chi connectivity index (χ2n) is 3.70. The second-order valence-corrected chi connectivity index (χ2v) is 4.61. The molecule has 2 rings (SSSR count). The maximum absolute atomic E-state index is 11.8. The van der Waals surface area contributed by atoms with Crippen LogP contribution in [-0.2, 0) is 4.74 Å². The van der Waals surface area contributed by atoms with Gasteiger partial charge in [-0.25, -0.2) is 0 Å². The molecule has 0 saturated carbocycles. The summed E-state index contributed by atoms with van der Waals surface area (Å²) in [5.41, 5.74) is 0.279. The van der Waals surface area contributed by atoms with Crippen molar-refractivity contribution in [3.05, 3.63) is 28.2 Å². The fraction of sp³-hybridized carbons (Fsp3) is 0.364. The van der Waals surface area contributed by atoms with E-state index in [1.165, 1.54) is 6.07 Å². The van der Waals surface area contributed by atoms with Gasteiger partial charge in [0.1, 0.15) is 5.75 Å². The van der Waals surface area contributed by atoms with E-state index in [0.717, 1.165) is 10.9 Å². The van der Waals surface area contributed by atoms with E-state index >= 15 is 0 Å². The highest BCUT2D eigenvalue weighted by Crippen LogP contribution is 2.22. The summed E-state index contributed by atoms with van der Waals surface area (Å²) in [4.78, 5) is 11.8. The Balaban J connectivity index is 2.10. The fourth-order valence-electron chi connectivity index (χ4n) is 1.60. The number of halogens is 1. The number of nitrogens with one attached hydrogen (secondary N) is 1. The number of carbonyl (C=O) groups excluding carboxylic acids is 1. The topological polar surface area (TPSA) is 58.6 Å². The molecule has 1 fully saturated rings. The lowest BCUT2D eigenvalue weighted by atomic mass is 10.1. The van der Waals surface area contributed by atoms with Crippen molar-refractivity contribution in [2.75, 3.05) is 13.2 Å². The van der Waals surface area contributed by atoms with Gasteiger partial charge in [-0.15, -0.1) is 0 Å². The minimum absolute atomic E-state index is 0.0142. The Morgan fingerprint density at radius 1 is 1.56 bits per heavy atom. The Bertz CT molecular complexity index is 402. The van der Waals surface area contributed by atoms with Crippen molar-refractivity contribution in [3.63, 3.8) is 0 Å². The van der Waals surface area contributed by atoms with Crippen LogP contribution in [0.2, 0.25) is 0 Å². The van der Waals surface area contributed by atoms with Gasteiger partial charge in [-0.05, 0) is 24.6 Å². The van der Waals surface area contributed by atoms with Crippen LogP contribution < -0.4 is 5.32 Å². The number of benzene rings is 1. The van der Waals surface area contributed by atoms with Crippen LogP contribution in [0.1, 0.15) is 16.8 Å². The predicted octanol–water partition coefficient (Wildman–Crippen LogP) is 1.67. The Hall–Kier alpha value is -1.07. The van der Waals surface area contributed by atoms with E-state index in [4.69, 9.17) is 4.74 Å². The highest BCUT2D eigenvalue weighted by Gasteiger charge is 2.20. The number of hydrogen-bond acceptors (Lipinski definition) is 3. The second kappa shape index (κ2) is 4.84. The summed E-state index contributed by atoms with van der Waals surface area (Å²) in [7, 11) is 0. The van der Waals surface area contributed by atoms with Crippen molar-refractivity contribution < 1.29 is 14.6 Å². The van der Waals surface area contributed by atoms with Gasteiger partial charge in [0.2, 0.25) is 0 Å². The van der Waals surface area contributed by atoms with Crippen molar-refractivity contribution in [1.82, 2.24) is 5.32 Å². The van der Waals surface area contributed by atoms with Crippen LogP contribution >= 0.6 is 15.9 Å². The third-order valence-corrected chi connectivity index (χ3v) is 2.96. The standard InChI is InChI=1S/C11H12BrNO3/c12-7-1-2-10(14)9(5-7)11(15)13-8-3-4-16-6-8/h1-2,5,8,14H,3-4,6H2,(H,13,15). The lowest BCUT2D eigenvalue weighted by Crippen LogP contribution is -2.35. The monoisotopic (exact) mass is 285 g/mol. The largest absolute Gasteiger partial charge is 0.507 e. The number of hydrogen-bond donors (Lipinski definition) is 2. The lowest BCUT2D eigenvalue weighted by molar-refractivity contribution is 0.0927. The van der Waals surface area contributed by atoms with Crippen LogP contribution in [0.15, 0.2) is 22.7 Å². The number of amides is 1. The van der Waals surface area contributed by atoms with Crippen molar-refractivity contribution in [2.45, 2.75) is 12.5 Å². The average molecular weight is 286 g/mol. The smallest absolute Gasteiger partial charge is 0.255 e. The van der Waals surface area contributed by atoms with Crippen LogP contribution in [0.5, 0.6) is 5.75 Å². The van der Waals surface area contributed by atoms with E-state index in [1.54, 1.807) is 12.1 Å². The normalized spacial score (nSPS) is 19.7. The molecular weight excluding hydrogens is 274 g/mol. The summed E-state index contributed by atoms with van der Waals surface area (Å²) >= 11 is 3.26. The van der Waals surface area contributed by atoms with E-state index in [2.05, 4.69) is 21.2 Å². The van der Waals surface area contributed by atoms with E-state index in [9.17, 15) is 9.90 Å². The summed E-state index contributed by atoms with van der Waals surface area (Å²) in [5, 5.41) is 12.4. The third-order valence-electron chi connectivity index (χ3n) is 2.47. The molecule has 0 aromatic heterocycles. The molecule has 1 aliphatic rings. The van der Waals surface area contributed by atoms with Crippen molar-refractivity contribution in [3.8, 4) is 5.75 Å². The zero-order chi connectivity index (χ0) is 11.5. The SMILES string of the molecule is O=C(NC1CCOC1)c1cc(Br)ccc1O. The van der Waals surface area contributed by atoms with Gasteiger partial charge in [-0.3, -0.25) is 4.79 Å². The Kier molecular flexibility index (Phi) is 3.46. The summed E-state index contributed by atoms with van der Waals surface area (Å²) in [5.74, 6) is -0.283. The van der Waals surface area contributed by atoms with E-state index in [1.807, 2.05) is 0 Å². The maximum Gasteiger partial charge on any atom is 0.255 e. The first kappa shape index (κ1) is 11.4. The van der Waals surface area contributed by atoms with Crippen LogP contribution in [-0.4, -0.2) is 30.3 Å². The quantitative estimate of drug-likeness (QED) is 0.869. The van der Waals surface area contributed by atoms with Crippen molar-refractivity contribution >= 4 is 21.8 Å². The number of rotatable bonds is 2. The van der Waals surface area contributed by atoms with E-state index in [-0.39, 0.29) is 23.3 Å². The Morgan fingerprint density at radius 2 is 2.38 bits per heavy atom. The van der Waals surface area contributed by atoms with Gasteiger partial charge in [0, 0.05) is 11.1 Å². The molecule has 1 saturated heterocycles. The van der Waals surface area contributed by atoms with Gasteiger partial charge in [-0.2, -0.15) is 0 Å².